The Kier molecular flexibility index (Phi) is 6.97. The molecule has 8 nitrogen and oxygen atoms in total. The van der Waals surface area contributed by atoms with Crippen molar-refractivity contribution in [2.75, 3.05) is 36.4 Å². The number of piperazine rings is 1. The molecule has 1 aliphatic rings. The standard InChI is InChI=1S/C24H32N6O2S/c1-5-7-17-14-19-20(16-25-17)27-22(28-21(19)26-15-18-8-6-13-33-18)29-9-11-30(12-10-29)23(31)32-24(2,3)4/h6,8,13-14,16H,5,7,9-12,15H2,1-4H3,(H,26,27,28). The fourth-order valence-electron chi connectivity index (χ4n) is 3.73. The van der Waals surface area contributed by atoms with E-state index in [0.29, 0.717) is 38.7 Å². The van der Waals surface area contributed by atoms with Gasteiger partial charge in [0.2, 0.25) is 5.95 Å². The highest BCUT2D eigenvalue weighted by molar-refractivity contribution is 7.09. The van der Waals surface area contributed by atoms with Gasteiger partial charge in [-0.3, -0.25) is 4.98 Å². The first-order valence-corrected chi connectivity index (χ1v) is 12.4. The Morgan fingerprint density at radius 2 is 2.00 bits per heavy atom. The van der Waals surface area contributed by atoms with Gasteiger partial charge in [-0.25, -0.2) is 9.78 Å². The van der Waals surface area contributed by atoms with Gasteiger partial charge in [-0.1, -0.05) is 19.4 Å². The average Bonchev–Trinajstić information content (AvgIpc) is 3.30. The molecule has 0 spiro atoms. The van der Waals surface area contributed by atoms with Crippen molar-refractivity contribution in [1.29, 1.82) is 0 Å². The molecule has 3 aromatic rings. The summed E-state index contributed by atoms with van der Waals surface area (Å²) >= 11 is 1.72. The monoisotopic (exact) mass is 468 g/mol. The number of fused-ring (bicyclic) bond motifs is 1. The van der Waals surface area contributed by atoms with Crippen molar-refractivity contribution < 1.29 is 9.53 Å². The van der Waals surface area contributed by atoms with Crippen molar-refractivity contribution in [3.05, 3.63) is 40.3 Å². The topological polar surface area (TPSA) is 83.5 Å². The fourth-order valence-corrected chi connectivity index (χ4v) is 4.38. The molecule has 0 radical (unpaired) electrons. The van der Waals surface area contributed by atoms with Crippen molar-refractivity contribution in [2.24, 2.45) is 0 Å². The van der Waals surface area contributed by atoms with Gasteiger partial charge in [0, 0.05) is 42.1 Å². The van der Waals surface area contributed by atoms with Gasteiger partial charge in [-0.05, 0) is 44.7 Å². The second kappa shape index (κ2) is 9.91. The molecule has 1 N–H and O–H groups in total. The Labute approximate surface area is 199 Å². The molecule has 3 aromatic heterocycles. The zero-order valence-corrected chi connectivity index (χ0v) is 20.6. The number of carbonyl (C=O) groups excluding carboxylic acids is 1. The molecule has 1 aliphatic heterocycles. The Morgan fingerprint density at radius 1 is 1.21 bits per heavy atom. The first-order valence-electron chi connectivity index (χ1n) is 11.5. The number of amides is 1. The molecule has 1 saturated heterocycles. The highest BCUT2D eigenvalue weighted by Gasteiger charge is 2.27. The summed E-state index contributed by atoms with van der Waals surface area (Å²) in [6.45, 7) is 11.0. The molecule has 33 heavy (non-hydrogen) atoms. The zero-order valence-electron chi connectivity index (χ0n) is 19.8. The number of ether oxygens (including phenoxy) is 1. The average molecular weight is 469 g/mol. The molecule has 0 bridgehead atoms. The highest BCUT2D eigenvalue weighted by atomic mass is 32.1. The van der Waals surface area contributed by atoms with Gasteiger partial charge in [0.05, 0.1) is 18.3 Å². The normalized spacial score (nSPS) is 14.5. The minimum absolute atomic E-state index is 0.271. The Balaban J connectivity index is 1.55. The van der Waals surface area contributed by atoms with Crippen LogP contribution in [0.5, 0.6) is 0 Å². The summed E-state index contributed by atoms with van der Waals surface area (Å²) < 4.78 is 5.51. The number of thiophene rings is 1. The summed E-state index contributed by atoms with van der Waals surface area (Å²) in [7, 11) is 0. The second-order valence-corrected chi connectivity index (χ2v) is 10.2. The molecule has 4 heterocycles. The number of pyridine rings is 1. The molecular formula is C24H32N6O2S. The largest absolute Gasteiger partial charge is 0.444 e. The Morgan fingerprint density at radius 3 is 2.67 bits per heavy atom. The molecule has 4 rings (SSSR count). The summed E-state index contributed by atoms with van der Waals surface area (Å²) in [6, 6.07) is 6.26. The predicted octanol–water partition coefficient (Wildman–Crippen LogP) is 4.71. The van der Waals surface area contributed by atoms with Gasteiger partial charge < -0.3 is 19.9 Å². The van der Waals surface area contributed by atoms with Gasteiger partial charge >= 0.3 is 6.09 Å². The summed E-state index contributed by atoms with van der Waals surface area (Å²) in [5.74, 6) is 1.47. The van der Waals surface area contributed by atoms with Crippen molar-refractivity contribution in [2.45, 2.75) is 52.7 Å². The van der Waals surface area contributed by atoms with Crippen LogP contribution in [0.1, 0.15) is 44.7 Å². The molecule has 1 amide bonds. The first-order chi connectivity index (χ1) is 15.8. The second-order valence-electron chi connectivity index (χ2n) is 9.20. The summed E-state index contributed by atoms with van der Waals surface area (Å²) in [5, 5.41) is 6.58. The van der Waals surface area contributed by atoms with Crippen LogP contribution in [0.15, 0.2) is 29.8 Å². The fraction of sp³-hybridized carbons (Fsp3) is 0.500. The number of rotatable bonds is 6. The highest BCUT2D eigenvalue weighted by Crippen LogP contribution is 2.26. The zero-order chi connectivity index (χ0) is 23.4. The lowest BCUT2D eigenvalue weighted by Crippen LogP contribution is -2.50. The Bertz CT molecular complexity index is 1090. The third kappa shape index (κ3) is 5.90. The van der Waals surface area contributed by atoms with Crippen molar-refractivity contribution >= 4 is 40.1 Å². The summed E-state index contributed by atoms with van der Waals surface area (Å²) in [4.78, 5) is 31.8. The molecule has 0 saturated carbocycles. The van der Waals surface area contributed by atoms with Crippen LogP contribution in [0.2, 0.25) is 0 Å². The molecule has 0 unspecified atom stereocenters. The third-order valence-electron chi connectivity index (χ3n) is 5.36. The van der Waals surface area contributed by atoms with E-state index >= 15 is 0 Å². The SMILES string of the molecule is CCCc1cc2c(NCc3cccs3)nc(N3CCN(C(=O)OC(C)(C)C)CC3)nc2cn1. The maximum Gasteiger partial charge on any atom is 0.410 e. The van der Waals surface area contributed by atoms with Gasteiger partial charge in [-0.15, -0.1) is 11.3 Å². The van der Waals surface area contributed by atoms with E-state index in [1.165, 1.54) is 4.88 Å². The van der Waals surface area contributed by atoms with E-state index in [1.807, 2.05) is 27.0 Å². The summed E-state index contributed by atoms with van der Waals surface area (Å²) in [5.41, 5.74) is 1.37. The van der Waals surface area contributed by atoms with Crippen LogP contribution in [0, 0.1) is 0 Å². The molecule has 0 aliphatic carbocycles. The number of hydrogen-bond acceptors (Lipinski definition) is 8. The third-order valence-corrected chi connectivity index (χ3v) is 6.23. The maximum absolute atomic E-state index is 12.4. The van der Waals surface area contributed by atoms with Crippen molar-refractivity contribution in [3.8, 4) is 0 Å². The minimum Gasteiger partial charge on any atom is -0.444 e. The van der Waals surface area contributed by atoms with E-state index in [-0.39, 0.29) is 6.09 Å². The number of nitrogens with one attached hydrogen (secondary N) is 1. The minimum atomic E-state index is -0.498. The van der Waals surface area contributed by atoms with E-state index in [4.69, 9.17) is 14.7 Å². The summed E-state index contributed by atoms with van der Waals surface area (Å²) in [6.07, 6.45) is 3.54. The van der Waals surface area contributed by atoms with Gasteiger partial charge in [0.25, 0.3) is 0 Å². The number of aryl methyl sites for hydroxylation is 1. The molecule has 0 atom stereocenters. The van der Waals surface area contributed by atoms with E-state index in [2.05, 4.69) is 45.7 Å². The quantitative estimate of drug-likeness (QED) is 0.561. The Hall–Kier alpha value is -2.94. The molecular weight excluding hydrogens is 436 g/mol. The number of carbonyl (C=O) groups is 1. The van der Waals surface area contributed by atoms with Crippen LogP contribution in [-0.2, 0) is 17.7 Å². The van der Waals surface area contributed by atoms with Crippen molar-refractivity contribution in [3.63, 3.8) is 0 Å². The van der Waals surface area contributed by atoms with E-state index in [1.54, 1.807) is 16.2 Å². The van der Waals surface area contributed by atoms with Gasteiger partial charge in [-0.2, -0.15) is 4.98 Å². The van der Waals surface area contributed by atoms with Crippen LogP contribution in [0.3, 0.4) is 0 Å². The lowest BCUT2D eigenvalue weighted by Gasteiger charge is -2.35. The smallest absolute Gasteiger partial charge is 0.410 e. The van der Waals surface area contributed by atoms with E-state index in [9.17, 15) is 4.79 Å². The maximum atomic E-state index is 12.4. The van der Waals surface area contributed by atoms with Crippen LogP contribution < -0.4 is 10.2 Å². The number of hydrogen-bond donors (Lipinski definition) is 1. The molecule has 9 heteroatoms. The van der Waals surface area contributed by atoms with Gasteiger partial charge in [0.15, 0.2) is 0 Å². The van der Waals surface area contributed by atoms with E-state index < -0.39 is 5.60 Å². The van der Waals surface area contributed by atoms with Crippen LogP contribution in [0.25, 0.3) is 10.9 Å². The molecule has 0 aromatic carbocycles. The lowest BCUT2D eigenvalue weighted by molar-refractivity contribution is 0.0240. The van der Waals surface area contributed by atoms with Crippen molar-refractivity contribution in [1.82, 2.24) is 19.9 Å². The predicted molar refractivity (Wildman–Crippen MR) is 133 cm³/mol. The van der Waals surface area contributed by atoms with E-state index in [0.717, 1.165) is 35.3 Å². The van der Waals surface area contributed by atoms with Gasteiger partial charge in [0.1, 0.15) is 11.4 Å². The number of anilines is 2. The molecule has 176 valence electrons. The number of nitrogens with zero attached hydrogens (tertiary/aromatic N) is 5. The lowest BCUT2D eigenvalue weighted by atomic mass is 10.2. The number of aromatic nitrogens is 3. The molecule has 1 fully saturated rings. The first kappa shape index (κ1) is 23.2. The van der Waals surface area contributed by atoms with Crippen LogP contribution in [0.4, 0.5) is 16.6 Å². The van der Waals surface area contributed by atoms with Crippen LogP contribution >= 0.6 is 11.3 Å². The van der Waals surface area contributed by atoms with Crippen LogP contribution in [-0.4, -0.2) is 57.7 Å².